The van der Waals surface area contributed by atoms with Gasteiger partial charge < -0.3 is 4.74 Å². The van der Waals surface area contributed by atoms with Gasteiger partial charge in [-0.2, -0.15) is 13.2 Å². The maximum Gasteiger partial charge on any atom is 0.397 e. The van der Waals surface area contributed by atoms with Crippen molar-refractivity contribution in [2.75, 3.05) is 6.61 Å². The second-order valence-electron chi connectivity index (χ2n) is 5.41. The summed E-state index contributed by atoms with van der Waals surface area (Å²) in [6.07, 6.45) is -3.92. The largest absolute Gasteiger partial charge is 0.491 e. The van der Waals surface area contributed by atoms with Crippen molar-refractivity contribution < 1.29 is 17.9 Å². The first kappa shape index (κ1) is 18.1. The number of alkyl halides is 3. The highest BCUT2D eigenvalue weighted by molar-refractivity contribution is 6.32. The molecule has 1 aliphatic rings. The van der Waals surface area contributed by atoms with Crippen LogP contribution >= 0.6 is 11.6 Å². The lowest BCUT2D eigenvalue weighted by atomic mass is 10.0. The lowest BCUT2D eigenvalue weighted by molar-refractivity contribution is -0.194. The van der Waals surface area contributed by atoms with E-state index >= 15 is 0 Å². The molecule has 1 aromatic carbocycles. The van der Waals surface area contributed by atoms with Gasteiger partial charge in [0.1, 0.15) is 17.8 Å². The zero-order valence-corrected chi connectivity index (χ0v) is 13.6. The van der Waals surface area contributed by atoms with Gasteiger partial charge in [0.15, 0.2) is 0 Å². The van der Waals surface area contributed by atoms with E-state index in [2.05, 4.69) is 0 Å². The molecular weight excluding hydrogens is 301 g/mol. The third kappa shape index (κ3) is 4.29. The molecule has 0 aromatic heterocycles. The highest BCUT2D eigenvalue weighted by Crippen LogP contribution is 2.57. The van der Waals surface area contributed by atoms with Gasteiger partial charge >= 0.3 is 6.18 Å². The lowest BCUT2D eigenvalue weighted by Crippen LogP contribution is -2.30. The number of benzene rings is 1. The topological polar surface area (TPSA) is 9.23 Å². The lowest BCUT2D eigenvalue weighted by Gasteiger charge is -2.20. The van der Waals surface area contributed by atoms with Gasteiger partial charge in [0.05, 0.1) is 5.02 Å². The maximum atomic E-state index is 12.8. The van der Waals surface area contributed by atoms with E-state index in [0.717, 1.165) is 5.56 Å². The molecule has 0 aliphatic heterocycles. The number of ether oxygens (including phenoxy) is 1. The molecule has 2 rings (SSSR count). The summed E-state index contributed by atoms with van der Waals surface area (Å²) in [7, 11) is 0. The molecule has 0 radical (unpaired) electrons. The minimum absolute atomic E-state index is 0.137. The minimum atomic E-state index is -4.20. The molecule has 120 valence electrons. The Balaban J connectivity index is 0.00000106. The third-order valence-corrected chi connectivity index (χ3v) is 3.88. The summed E-state index contributed by atoms with van der Waals surface area (Å²) in [5.41, 5.74) is -0.623. The molecule has 1 aromatic rings. The molecule has 1 fully saturated rings. The average Bonchev–Trinajstić information content (AvgIpc) is 3.20. The summed E-state index contributed by atoms with van der Waals surface area (Å²) in [6.45, 7) is 7.70. The van der Waals surface area contributed by atoms with Gasteiger partial charge in [-0.25, -0.2) is 0 Å². The third-order valence-electron chi connectivity index (χ3n) is 3.58. The molecule has 0 atom stereocenters. The van der Waals surface area contributed by atoms with Crippen LogP contribution in [0, 0.1) is 5.41 Å². The molecule has 5 heteroatoms. The van der Waals surface area contributed by atoms with Crippen LogP contribution in [0.25, 0.3) is 0 Å². The van der Waals surface area contributed by atoms with Crippen molar-refractivity contribution in [3.63, 3.8) is 0 Å². The van der Waals surface area contributed by atoms with Crippen LogP contribution in [0.4, 0.5) is 13.2 Å². The predicted octanol–water partition coefficient (Wildman–Crippen LogP) is 6.21. The molecule has 0 unspecified atom stereocenters. The van der Waals surface area contributed by atoms with E-state index in [9.17, 15) is 13.2 Å². The zero-order chi connectivity index (χ0) is 16.3. The highest BCUT2D eigenvalue weighted by atomic mass is 35.5. The second kappa shape index (κ2) is 6.91. The summed E-state index contributed by atoms with van der Waals surface area (Å²) in [6, 6.07) is 5.22. The first-order valence-corrected chi connectivity index (χ1v) is 7.62. The molecule has 0 saturated heterocycles. The van der Waals surface area contributed by atoms with Gasteiger partial charge in [0.2, 0.25) is 0 Å². The van der Waals surface area contributed by atoms with Gasteiger partial charge in [-0.15, -0.1) is 0 Å². The molecular formula is C16H22ClF3O. The Hall–Kier alpha value is -0.900. The summed E-state index contributed by atoms with van der Waals surface area (Å²) >= 11 is 6.03. The smallest absolute Gasteiger partial charge is 0.397 e. The quantitative estimate of drug-likeness (QED) is 0.640. The van der Waals surface area contributed by atoms with Gasteiger partial charge in [0.25, 0.3) is 0 Å². The van der Waals surface area contributed by atoms with Crippen LogP contribution in [0.1, 0.15) is 52.0 Å². The zero-order valence-electron chi connectivity index (χ0n) is 12.9. The van der Waals surface area contributed by atoms with Crippen molar-refractivity contribution in [3.05, 3.63) is 28.8 Å². The van der Waals surface area contributed by atoms with Crippen LogP contribution in [-0.2, 0) is 0 Å². The first-order chi connectivity index (χ1) is 9.75. The van der Waals surface area contributed by atoms with Crippen LogP contribution in [-0.4, -0.2) is 12.8 Å². The molecule has 0 heterocycles. The summed E-state index contributed by atoms with van der Waals surface area (Å²) in [5, 5.41) is 0.365. The Morgan fingerprint density at radius 1 is 1.24 bits per heavy atom. The Morgan fingerprint density at radius 3 is 2.19 bits per heavy atom. The number of hydrogen-bond acceptors (Lipinski definition) is 1. The predicted molar refractivity (Wildman–Crippen MR) is 80.1 cm³/mol. The van der Waals surface area contributed by atoms with Crippen molar-refractivity contribution in [2.45, 2.75) is 52.6 Å². The number of halogens is 4. The van der Waals surface area contributed by atoms with E-state index < -0.39 is 11.6 Å². The van der Waals surface area contributed by atoms with E-state index in [1.54, 1.807) is 12.1 Å². The van der Waals surface area contributed by atoms with Crippen molar-refractivity contribution in [1.82, 2.24) is 0 Å². The molecule has 0 N–H and O–H groups in total. The van der Waals surface area contributed by atoms with Gasteiger partial charge in [0, 0.05) is 0 Å². The Labute approximate surface area is 129 Å². The Morgan fingerprint density at radius 2 is 1.81 bits per heavy atom. The normalized spacial score (nSPS) is 16.2. The fourth-order valence-corrected chi connectivity index (χ4v) is 2.11. The van der Waals surface area contributed by atoms with E-state index in [-0.39, 0.29) is 19.4 Å². The molecule has 1 aliphatic carbocycles. The van der Waals surface area contributed by atoms with Gasteiger partial charge in [-0.1, -0.05) is 45.4 Å². The van der Waals surface area contributed by atoms with Crippen molar-refractivity contribution in [2.24, 2.45) is 5.41 Å². The van der Waals surface area contributed by atoms with Crippen LogP contribution < -0.4 is 4.74 Å². The average molecular weight is 323 g/mol. The molecule has 0 amide bonds. The van der Waals surface area contributed by atoms with Gasteiger partial charge in [-0.05, 0) is 36.5 Å². The summed E-state index contributed by atoms with van der Waals surface area (Å²) in [5.74, 6) is 0.637. The van der Waals surface area contributed by atoms with Crippen LogP contribution in [0.2, 0.25) is 5.02 Å². The standard InChI is InChI=1S/C14H16ClF3O.C2H6/c1-9(2)10-3-4-12(11(15)7-10)19-8-13(5-6-13)14(16,17)18;1-2/h3-4,7,9H,5-6,8H2,1-2H3;1-2H3. The van der Waals surface area contributed by atoms with E-state index in [0.29, 0.717) is 16.7 Å². The van der Waals surface area contributed by atoms with Crippen LogP contribution in [0.5, 0.6) is 5.75 Å². The van der Waals surface area contributed by atoms with Crippen LogP contribution in [0.3, 0.4) is 0 Å². The molecule has 0 spiro atoms. The van der Waals surface area contributed by atoms with E-state index in [1.807, 2.05) is 33.8 Å². The van der Waals surface area contributed by atoms with Crippen molar-refractivity contribution in [1.29, 1.82) is 0 Å². The maximum absolute atomic E-state index is 12.8. The van der Waals surface area contributed by atoms with Crippen LogP contribution in [0.15, 0.2) is 18.2 Å². The summed E-state index contributed by atoms with van der Waals surface area (Å²) < 4.78 is 43.5. The number of hydrogen-bond donors (Lipinski definition) is 0. The van der Waals surface area contributed by atoms with Crippen molar-refractivity contribution >= 4 is 11.6 Å². The van der Waals surface area contributed by atoms with Crippen molar-refractivity contribution in [3.8, 4) is 5.75 Å². The fraction of sp³-hybridized carbons (Fsp3) is 0.625. The molecule has 21 heavy (non-hydrogen) atoms. The Kier molecular flexibility index (Phi) is 5.97. The summed E-state index contributed by atoms with van der Waals surface area (Å²) in [4.78, 5) is 0. The van der Waals surface area contributed by atoms with E-state index in [4.69, 9.17) is 16.3 Å². The number of rotatable bonds is 4. The Bertz CT molecular complexity index is 465. The fourth-order valence-electron chi connectivity index (χ4n) is 1.87. The molecule has 1 nitrogen and oxygen atoms in total. The SMILES string of the molecule is CC.CC(C)c1ccc(OCC2(C(F)(F)F)CC2)c(Cl)c1. The highest BCUT2D eigenvalue weighted by Gasteiger charge is 2.63. The van der Waals surface area contributed by atoms with Gasteiger partial charge in [-0.3, -0.25) is 0 Å². The first-order valence-electron chi connectivity index (χ1n) is 7.24. The minimum Gasteiger partial charge on any atom is -0.491 e. The molecule has 0 bridgehead atoms. The monoisotopic (exact) mass is 322 g/mol. The molecule has 1 saturated carbocycles. The van der Waals surface area contributed by atoms with E-state index in [1.165, 1.54) is 0 Å². The second-order valence-corrected chi connectivity index (χ2v) is 5.82.